The third-order valence-electron chi connectivity index (χ3n) is 2.54. The van der Waals surface area contributed by atoms with Gasteiger partial charge in [-0.3, -0.25) is 4.79 Å². The summed E-state index contributed by atoms with van der Waals surface area (Å²) in [4.78, 5) is 11.9. The van der Waals surface area contributed by atoms with Gasteiger partial charge in [-0.2, -0.15) is 0 Å². The van der Waals surface area contributed by atoms with Gasteiger partial charge in [-0.05, 0) is 46.9 Å². The monoisotopic (exact) mass is 398 g/mol. The van der Waals surface area contributed by atoms with Gasteiger partial charge in [0.1, 0.15) is 5.56 Å². The van der Waals surface area contributed by atoms with Gasteiger partial charge in [0.2, 0.25) is 5.82 Å². The number of hydrogen-bond acceptors (Lipinski definition) is 1. The number of hydrogen-bond donors (Lipinski definition) is 0. The number of carbonyl (C=O) groups excluding carboxylic acids is 1. The first-order chi connectivity index (χ1) is 9.34. The van der Waals surface area contributed by atoms with E-state index in [0.717, 1.165) is 3.57 Å². The van der Waals surface area contributed by atoms with Gasteiger partial charge >= 0.3 is 0 Å². The van der Waals surface area contributed by atoms with Crippen LogP contribution >= 0.6 is 22.6 Å². The Balaban J connectivity index is 2.64. The highest BCUT2D eigenvalue weighted by Gasteiger charge is 2.30. The fraction of sp³-hybridized carbons (Fsp3) is 0. The van der Waals surface area contributed by atoms with Gasteiger partial charge in [-0.1, -0.05) is 0 Å². The van der Waals surface area contributed by atoms with Crippen molar-refractivity contribution in [1.82, 2.24) is 0 Å². The minimum atomic E-state index is -2.29. The lowest BCUT2D eigenvalue weighted by molar-refractivity contribution is 0.102. The molecule has 0 saturated carbocycles. The third kappa shape index (κ3) is 2.41. The standard InChI is InChI=1S/C13H4F5IO/c14-8-7(9(15)11(17)12(18)10(8)16)13(20)5-1-3-6(19)4-2-5/h1-4H. The summed E-state index contributed by atoms with van der Waals surface area (Å²) in [5.41, 5.74) is -1.63. The maximum absolute atomic E-state index is 13.5. The van der Waals surface area contributed by atoms with E-state index in [1.165, 1.54) is 24.3 Å². The fourth-order valence-corrected chi connectivity index (χ4v) is 1.91. The molecule has 2 aromatic carbocycles. The van der Waals surface area contributed by atoms with E-state index >= 15 is 0 Å². The summed E-state index contributed by atoms with van der Waals surface area (Å²) >= 11 is 1.93. The van der Waals surface area contributed by atoms with E-state index in [1.807, 2.05) is 22.6 Å². The van der Waals surface area contributed by atoms with E-state index in [2.05, 4.69) is 0 Å². The van der Waals surface area contributed by atoms with Gasteiger partial charge in [0.05, 0.1) is 0 Å². The molecule has 0 N–H and O–H groups in total. The predicted octanol–water partition coefficient (Wildman–Crippen LogP) is 4.22. The SMILES string of the molecule is O=C(c1ccc(I)cc1)c1c(F)c(F)c(F)c(F)c1F. The molecular formula is C13H4F5IO. The van der Waals surface area contributed by atoms with Crippen molar-refractivity contribution in [2.24, 2.45) is 0 Å². The van der Waals surface area contributed by atoms with Gasteiger partial charge in [-0.15, -0.1) is 0 Å². The molecule has 7 heteroatoms. The van der Waals surface area contributed by atoms with Crippen LogP contribution in [0.2, 0.25) is 0 Å². The Morgan fingerprint density at radius 1 is 0.750 bits per heavy atom. The zero-order chi connectivity index (χ0) is 15.0. The summed E-state index contributed by atoms with van der Waals surface area (Å²) in [6, 6.07) is 5.42. The topological polar surface area (TPSA) is 17.1 Å². The Morgan fingerprint density at radius 3 is 1.60 bits per heavy atom. The van der Waals surface area contributed by atoms with Gasteiger partial charge in [0.25, 0.3) is 0 Å². The first-order valence-corrected chi connectivity index (χ1v) is 6.24. The first-order valence-electron chi connectivity index (χ1n) is 5.16. The lowest BCUT2D eigenvalue weighted by atomic mass is 10.0. The molecule has 0 heterocycles. The molecule has 0 aromatic heterocycles. The molecule has 0 unspecified atom stereocenters. The zero-order valence-corrected chi connectivity index (χ0v) is 11.6. The van der Waals surface area contributed by atoms with Crippen molar-refractivity contribution in [2.45, 2.75) is 0 Å². The molecule has 0 amide bonds. The maximum Gasteiger partial charge on any atom is 0.200 e. The second-order valence-electron chi connectivity index (χ2n) is 3.78. The van der Waals surface area contributed by atoms with Crippen LogP contribution < -0.4 is 0 Å². The van der Waals surface area contributed by atoms with E-state index < -0.39 is 40.4 Å². The van der Waals surface area contributed by atoms with Crippen LogP contribution in [0, 0.1) is 32.7 Å². The molecule has 0 aliphatic carbocycles. The van der Waals surface area contributed by atoms with E-state index in [9.17, 15) is 26.7 Å². The second-order valence-corrected chi connectivity index (χ2v) is 5.03. The molecule has 0 bridgehead atoms. The molecule has 0 spiro atoms. The summed E-state index contributed by atoms with van der Waals surface area (Å²) in [6.07, 6.45) is 0. The number of halogens is 6. The van der Waals surface area contributed by atoms with E-state index in [0.29, 0.717) is 0 Å². The summed E-state index contributed by atoms with van der Waals surface area (Å²) in [6.45, 7) is 0. The van der Waals surface area contributed by atoms with Crippen LogP contribution in [0.15, 0.2) is 24.3 Å². The van der Waals surface area contributed by atoms with Crippen molar-refractivity contribution >= 4 is 28.4 Å². The molecule has 0 saturated heterocycles. The van der Waals surface area contributed by atoms with Crippen LogP contribution in [0.1, 0.15) is 15.9 Å². The molecule has 2 aromatic rings. The maximum atomic E-state index is 13.5. The highest BCUT2D eigenvalue weighted by molar-refractivity contribution is 14.1. The van der Waals surface area contributed by atoms with E-state index in [1.54, 1.807) is 0 Å². The van der Waals surface area contributed by atoms with E-state index in [4.69, 9.17) is 0 Å². The fourth-order valence-electron chi connectivity index (χ4n) is 1.55. The number of carbonyl (C=O) groups is 1. The van der Waals surface area contributed by atoms with Gasteiger partial charge in [0.15, 0.2) is 29.1 Å². The van der Waals surface area contributed by atoms with Crippen molar-refractivity contribution in [3.05, 3.63) is 68.0 Å². The van der Waals surface area contributed by atoms with Gasteiger partial charge in [0, 0.05) is 9.13 Å². The number of benzene rings is 2. The Morgan fingerprint density at radius 2 is 1.15 bits per heavy atom. The quantitative estimate of drug-likeness (QED) is 0.244. The average molecular weight is 398 g/mol. The first kappa shape index (κ1) is 14.9. The third-order valence-corrected chi connectivity index (χ3v) is 3.26. The molecule has 0 aliphatic rings. The summed E-state index contributed by atoms with van der Waals surface area (Å²) < 4.78 is 66.6. The van der Waals surface area contributed by atoms with Gasteiger partial charge < -0.3 is 0 Å². The Kier molecular flexibility index (Phi) is 4.07. The highest BCUT2D eigenvalue weighted by Crippen LogP contribution is 2.25. The number of ketones is 1. The second kappa shape index (κ2) is 5.47. The smallest absolute Gasteiger partial charge is 0.200 e. The van der Waals surface area contributed by atoms with Crippen molar-refractivity contribution in [3.8, 4) is 0 Å². The Bertz CT molecular complexity index is 668. The van der Waals surface area contributed by atoms with Gasteiger partial charge in [-0.25, -0.2) is 22.0 Å². The Hall–Kier alpha value is -1.51. The predicted molar refractivity (Wildman–Crippen MR) is 68.8 cm³/mol. The summed E-state index contributed by atoms with van der Waals surface area (Å²) in [5, 5.41) is 0. The minimum Gasteiger partial charge on any atom is -0.288 e. The zero-order valence-electron chi connectivity index (χ0n) is 9.49. The molecular weight excluding hydrogens is 394 g/mol. The molecule has 0 atom stereocenters. The molecule has 1 nitrogen and oxygen atoms in total. The summed E-state index contributed by atoms with van der Waals surface area (Å²) in [5.74, 6) is -12.1. The van der Waals surface area contributed by atoms with Crippen LogP contribution in [0.25, 0.3) is 0 Å². The molecule has 2 rings (SSSR count). The lowest BCUT2D eigenvalue weighted by Gasteiger charge is -2.07. The Labute approximate surface area is 123 Å². The van der Waals surface area contributed by atoms with Crippen LogP contribution in [0.3, 0.4) is 0 Å². The average Bonchev–Trinajstić information content (AvgIpc) is 2.44. The molecule has 0 fully saturated rings. The normalized spacial score (nSPS) is 10.7. The van der Waals surface area contributed by atoms with Crippen molar-refractivity contribution in [1.29, 1.82) is 0 Å². The van der Waals surface area contributed by atoms with E-state index in [-0.39, 0.29) is 5.56 Å². The summed E-state index contributed by atoms with van der Waals surface area (Å²) in [7, 11) is 0. The van der Waals surface area contributed by atoms with Crippen LogP contribution in [0.4, 0.5) is 22.0 Å². The molecule has 104 valence electrons. The van der Waals surface area contributed by atoms with Crippen LogP contribution in [0.5, 0.6) is 0 Å². The van der Waals surface area contributed by atoms with Crippen LogP contribution in [-0.4, -0.2) is 5.78 Å². The molecule has 0 aliphatic heterocycles. The van der Waals surface area contributed by atoms with Crippen LogP contribution in [-0.2, 0) is 0 Å². The highest BCUT2D eigenvalue weighted by atomic mass is 127. The van der Waals surface area contributed by atoms with Crippen molar-refractivity contribution < 1.29 is 26.7 Å². The largest absolute Gasteiger partial charge is 0.288 e. The van der Waals surface area contributed by atoms with Crippen molar-refractivity contribution in [2.75, 3.05) is 0 Å². The molecule has 20 heavy (non-hydrogen) atoms. The number of rotatable bonds is 2. The lowest BCUT2D eigenvalue weighted by Crippen LogP contribution is -2.13. The minimum absolute atomic E-state index is 0.173. The molecule has 0 radical (unpaired) electrons. The van der Waals surface area contributed by atoms with Crippen molar-refractivity contribution in [3.63, 3.8) is 0 Å².